The largest absolute Gasteiger partial charge is 0.456 e. The van der Waals surface area contributed by atoms with Crippen molar-refractivity contribution >= 4 is 5.97 Å². The molecule has 3 aromatic rings. The summed E-state index contributed by atoms with van der Waals surface area (Å²) in [6, 6.07) is 19.8. The maximum Gasteiger partial charge on any atom is 0.333 e. The SMILES string of the molecule is C=CCc1nc(-c2ccccc2)c(COC(=O)C(=C)C)n1-c1ccccc1. The number of rotatable bonds is 7. The molecule has 0 aliphatic heterocycles. The summed E-state index contributed by atoms with van der Waals surface area (Å²) in [6.45, 7) is 9.25. The molecule has 0 unspecified atom stereocenters. The molecular weight excluding hydrogens is 336 g/mol. The Bertz CT molecular complexity index is 957. The van der Waals surface area contributed by atoms with E-state index in [4.69, 9.17) is 9.72 Å². The summed E-state index contributed by atoms with van der Waals surface area (Å²) in [5.41, 5.74) is 3.92. The number of esters is 1. The van der Waals surface area contributed by atoms with Gasteiger partial charge in [0.05, 0.1) is 11.4 Å². The molecule has 0 spiro atoms. The van der Waals surface area contributed by atoms with E-state index in [-0.39, 0.29) is 6.61 Å². The van der Waals surface area contributed by atoms with E-state index >= 15 is 0 Å². The zero-order chi connectivity index (χ0) is 19.2. The highest BCUT2D eigenvalue weighted by molar-refractivity contribution is 5.87. The van der Waals surface area contributed by atoms with Gasteiger partial charge in [0.25, 0.3) is 0 Å². The number of imidazole rings is 1. The molecule has 0 saturated carbocycles. The maximum atomic E-state index is 12.0. The van der Waals surface area contributed by atoms with Gasteiger partial charge in [-0.1, -0.05) is 61.2 Å². The molecule has 0 N–H and O–H groups in total. The van der Waals surface area contributed by atoms with Gasteiger partial charge in [-0.25, -0.2) is 9.78 Å². The van der Waals surface area contributed by atoms with Gasteiger partial charge in [0.2, 0.25) is 0 Å². The van der Waals surface area contributed by atoms with E-state index in [1.165, 1.54) is 0 Å². The minimum absolute atomic E-state index is 0.106. The number of hydrogen-bond donors (Lipinski definition) is 0. The predicted octanol–water partition coefficient (Wildman–Crippen LogP) is 4.89. The number of ether oxygens (including phenoxy) is 1. The Balaban J connectivity index is 2.16. The summed E-state index contributed by atoms with van der Waals surface area (Å²) in [6.07, 6.45) is 2.42. The molecule has 27 heavy (non-hydrogen) atoms. The lowest BCUT2D eigenvalue weighted by Gasteiger charge is -2.13. The van der Waals surface area contributed by atoms with Crippen molar-refractivity contribution < 1.29 is 9.53 Å². The summed E-state index contributed by atoms with van der Waals surface area (Å²) >= 11 is 0. The number of carbonyl (C=O) groups is 1. The first-order valence-corrected chi connectivity index (χ1v) is 8.76. The third kappa shape index (κ3) is 4.06. The van der Waals surface area contributed by atoms with Crippen molar-refractivity contribution in [1.82, 2.24) is 9.55 Å². The zero-order valence-corrected chi connectivity index (χ0v) is 15.4. The quantitative estimate of drug-likeness (QED) is 0.343. The molecule has 1 aromatic heterocycles. The zero-order valence-electron chi connectivity index (χ0n) is 15.4. The van der Waals surface area contributed by atoms with E-state index in [1.54, 1.807) is 6.92 Å². The highest BCUT2D eigenvalue weighted by atomic mass is 16.5. The second-order valence-electron chi connectivity index (χ2n) is 6.21. The van der Waals surface area contributed by atoms with Crippen molar-refractivity contribution in [3.05, 3.63) is 97.0 Å². The number of para-hydroxylation sites is 1. The van der Waals surface area contributed by atoms with Gasteiger partial charge < -0.3 is 4.74 Å². The molecule has 4 nitrogen and oxygen atoms in total. The number of benzene rings is 2. The average molecular weight is 358 g/mol. The van der Waals surface area contributed by atoms with Gasteiger partial charge in [-0.2, -0.15) is 0 Å². The molecule has 0 saturated heterocycles. The molecule has 3 rings (SSSR count). The third-order valence-corrected chi connectivity index (χ3v) is 4.12. The smallest absolute Gasteiger partial charge is 0.333 e. The minimum Gasteiger partial charge on any atom is -0.456 e. The van der Waals surface area contributed by atoms with Crippen molar-refractivity contribution in [3.8, 4) is 16.9 Å². The van der Waals surface area contributed by atoms with E-state index in [9.17, 15) is 4.79 Å². The molecule has 0 amide bonds. The fraction of sp³-hybridized carbons (Fsp3) is 0.130. The standard InChI is InChI=1S/C23H22N2O2/c1-4-11-21-24-22(18-12-7-5-8-13-18)20(16-27-23(26)17(2)3)25(21)19-14-9-6-10-15-19/h4-10,12-15H,1-2,11,16H2,3H3. The first-order chi connectivity index (χ1) is 13.1. The second kappa shape index (κ2) is 8.32. The Hall–Kier alpha value is -3.40. The third-order valence-electron chi connectivity index (χ3n) is 4.12. The van der Waals surface area contributed by atoms with Crippen molar-refractivity contribution in [2.75, 3.05) is 0 Å². The predicted molar refractivity (Wildman–Crippen MR) is 108 cm³/mol. The van der Waals surface area contributed by atoms with E-state index < -0.39 is 5.97 Å². The van der Waals surface area contributed by atoms with Gasteiger partial charge in [0, 0.05) is 23.2 Å². The molecule has 136 valence electrons. The Morgan fingerprint density at radius 3 is 2.33 bits per heavy atom. The molecule has 1 heterocycles. The normalized spacial score (nSPS) is 10.4. The lowest BCUT2D eigenvalue weighted by Crippen LogP contribution is -2.10. The van der Waals surface area contributed by atoms with Crippen LogP contribution in [0, 0.1) is 0 Å². The van der Waals surface area contributed by atoms with Gasteiger partial charge >= 0.3 is 5.97 Å². The first-order valence-electron chi connectivity index (χ1n) is 8.76. The maximum absolute atomic E-state index is 12.0. The molecule has 0 fully saturated rings. The van der Waals surface area contributed by atoms with Crippen LogP contribution in [0.2, 0.25) is 0 Å². The highest BCUT2D eigenvalue weighted by Crippen LogP contribution is 2.28. The first kappa shape index (κ1) is 18.4. The van der Waals surface area contributed by atoms with Gasteiger partial charge in [0.15, 0.2) is 0 Å². The van der Waals surface area contributed by atoms with E-state index in [2.05, 4.69) is 13.2 Å². The number of aromatic nitrogens is 2. The topological polar surface area (TPSA) is 44.1 Å². The molecular formula is C23H22N2O2. The Labute approximate surface area is 159 Å². The van der Waals surface area contributed by atoms with Crippen LogP contribution in [0.1, 0.15) is 18.4 Å². The van der Waals surface area contributed by atoms with Crippen LogP contribution in [0.4, 0.5) is 0 Å². The number of allylic oxidation sites excluding steroid dienone is 1. The van der Waals surface area contributed by atoms with Crippen LogP contribution >= 0.6 is 0 Å². The van der Waals surface area contributed by atoms with Crippen LogP contribution in [-0.2, 0) is 22.6 Å². The van der Waals surface area contributed by atoms with Crippen molar-refractivity contribution in [2.24, 2.45) is 0 Å². The van der Waals surface area contributed by atoms with E-state index in [0.717, 1.165) is 28.5 Å². The monoisotopic (exact) mass is 358 g/mol. The number of hydrogen-bond acceptors (Lipinski definition) is 3. The van der Waals surface area contributed by atoms with Crippen LogP contribution in [0.3, 0.4) is 0 Å². The number of carbonyl (C=O) groups excluding carboxylic acids is 1. The lowest BCUT2D eigenvalue weighted by molar-refractivity contribution is -0.140. The summed E-state index contributed by atoms with van der Waals surface area (Å²) in [4.78, 5) is 16.8. The number of nitrogens with zero attached hydrogens (tertiary/aromatic N) is 2. The van der Waals surface area contributed by atoms with Gasteiger partial charge in [-0.05, 0) is 19.1 Å². The average Bonchev–Trinajstić information content (AvgIpc) is 3.05. The summed E-state index contributed by atoms with van der Waals surface area (Å²) in [5.74, 6) is 0.427. The summed E-state index contributed by atoms with van der Waals surface area (Å²) in [5, 5.41) is 0. The molecule has 0 aliphatic rings. The van der Waals surface area contributed by atoms with Gasteiger partial charge in [0.1, 0.15) is 12.4 Å². The van der Waals surface area contributed by atoms with Crippen LogP contribution in [-0.4, -0.2) is 15.5 Å². The van der Waals surface area contributed by atoms with Gasteiger partial charge in [-0.15, -0.1) is 6.58 Å². The summed E-state index contributed by atoms with van der Waals surface area (Å²) < 4.78 is 7.52. The fourth-order valence-corrected chi connectivity index (χ4v) is 2.87. The van der Waals surface area contributed by atoms with Crippen molar-refractivity contribution in [3.63, 3.8) is 0 Å². The Morgan fingerprint density at radius 2 is 1.74 bits per heavy atom. The van der Waals surface area contributed by atoms with Crippen molar-refractivity contribution in [1.29, 1.82) is 0 Å². The second-order valence-corrected chi connectivity index (χ2v) is 6.21. The molecule has 0 radical (unpaired) electrons. The Morgan fingerprint density at radius 1 is 1.11 bits per heavy atom. The van der Waals surface area contributed by atoms with E-state index in [1.807, 2.05) is 71.3 Å². The lowest BCUT2D eigenvalue weighted by atomic mass is 10.1. The summed E-state index contributed by atoms with van der Waals surface area (Å²) in [7, 11) is 0. The molecule has 0 aliphatic carbocycles. The van der Waals surface area contributed by atoms with Gasteiger partial charge in [-0.3, -0.25) is 4.57 Å². The fourth-order valence-electron chi connectivity index (χ4n) is 2.87. The molecule has 0 bridgehead atoms. The van der Waals surface area contributed by atoms with Crippen molar-refractivity contribution in [2.45, 2.75) is 20.0 Å². The molecule has 4 heteroatoms. The van der Waals surface area contributed by atoms with Crippen LogP contribution in [0.25, 0.3) is 16.9 Å². The van der Waals surface area contributed by atoms with E-state index in [0.29, 0.717) is 12.0 Å². The molecule has 2 aromatic carbocycles. The Kier molecular flexibility index (Phi) is 5.67. The minimum atomic E-state index is -0.417. The van der Waals surface area contributed by atoms with Crippen LogP contribution < -0.4 is 0 Å². The van der Waals surface area contributed by atoms with Crippen LogP contribution in [0.5, 0.6) is 0 Å². The highest BCUT2D eigenvalue weighted by Gasteiger charge is 2.20. The molecule has 0 atom stereocenters. The van der Waals surface area contributed by atoms with Crippen LogP contribution in [0.15, 0.2) is 85.5 Å².